The van der Waals surface area contributed by atoms with Crippen molar-refractivity contribution < 1.29 is 18.0 Å². The first-order chi connectivity index (χ1) is 12.3. The van der Waals surface area contributed by atoms with E-state index in [1.165, 1.54) is 4.90 Å². The zero-order valence-corrected chi connectivity index (χ0v) is 15.9. The summed E-state index contributed by atoms with van der Waals surface area (Å²) in [6.07, 6.45) is 2.08. The highest BCUT2D eigenvalue weighted by atomic mass is 32.2. The molecule has 0 bridgehead atoms. The number of anilines is 1. The fourth-order valence-electron chi connectivity index (χ4n) is 3.43. The number of amides is 2. The van der Waals surface area contributed by atoms with Crippen LogP contribution in [0, 0.1) is 0 Å². The molecule has 9 heteroatoms. The molecule has 2 saturated heterocycles. The minimum atomic E-state index is -3.04. The molecule has 0 aliphatic carbocycles. The molecule has 2 fully saturated rings. The highest BCUT2D eigenvalue weighted by molar-refractivity contribution is 7.91. The van der Waals surface area contributed by atoms with Crippen molar-refractivity contribution in [2.24, 2.45) is 0 Å². The highest BCUT2D eigenvalue weighted by Gasteiger charge is 2.33. The number of nitrogens with zero attached hydrogens (tertiary/aromatic N) is 4. The Morgan fingerprint density at radius 2 is 1.92 bits per heavy atom. The van der Waals surface area contributed by atoms with Crippen molar-refractivity contribution in [2.45, 2.75) is 19.4 Å². The van der Waals surface area contributed by atoms with Gasteiger partial charge in [-0.05, 0) is 18.6 Å². The van der Waals surface area contributed by atoms with Gasteiger partial charge in [-0.15, -0.1) is 0 Å². The summed E-state index contributed by atoms with van der Waals surface area (Å²) in [6, 6.07) is 3.12. The van der Waals surface area contributed by atoms with Gasteiger partial charge in [0.1, 0.15) is 5.82 Å². The molecule has 8 nitrogen and oxygen atoms in total. The first-order valence-electron chi connectivity index (χ1n) is 8.71. The van der Waals surface area contributed by atoms with Crippen molar-refractivity contribution in [1.29, 1.82) is 0 Å². The van der Waals surface area contributed by atoms with Crippen molar-refractivity contribution in [2.75, 3.05) is 49.6 Å². The van der Waals surface area contributed by atoms with E-state index in [-0.39, 0.29) is 29.4 Å². The number of pyridine rings is 1. The Kier molecular flexibility index (Phi) is 5.17. The third-order valence-corrected chi connectivity index (χ3v) is 6.87. The minimum absolute atomic E-state index is 0.0280. The van der Waals surface area contributed by atoms with E-state index in [9.17, 15) is 18.0 Å². The largest absolute Gasteiger partial charge is 0.353 e. The summed E-state index contributed by atoms with van der Waals surface area (Å²) in [6.45, 7) is 4.16. The molecule has 0 saturated carbocycles. The molecule has 1 atom stereocenters. The lowest BCUT2D eigenvalue weighted by atomic mass is 10.1. The molecular weight excluding hydrogens is 356 g/mol. The van der Waals surface area contributed by atoms with Gasteiger partial charge in [0.2, 0.25) is 5.91 Å². The van der Waals surface area contributed by atoms with E-state index in [0.29, 0.717) is 44.0 Å². The Hall–Kier alpha value is -2.16. The van der Waals surface area contributed by atoms with E-state index in [2.05, 4.69) is 9.88 Å². The van der Waals surface area contributed by atoms with E-state index in [1.54, 1.807) is 37.2 Å². The molecule has 0 spiro atoms. The fourth-order valence-corrected chi connectivity index (χ4v) is 5.20. The van der Waals surface area contributed by atoms with Crippen LogP contribution in [-0.4, -0.2) is 85.8 Å². The summed E-state index contributed by atoms with van der Waals surface area (Å²) >= 11 is 0. The first kappa shape index (κ1) is 18.6. The molecule has 0 aromatic carbocycles. The number of carbonyl (C=O) groups is 2. The lowest BCUT2D eigenvalue weighted by molar-refractivity contribution is -0.129. The van der Waals surface area contributed by atoms with Crippen LogP contribution in [-0.2, 0) is 14.6 Å². The molecule has 3 rings (SSSR count). The van der Waals surface area contributed by atoms with Crippen molar-refractivity contribution in [3.63, 3.8) is 0 Å². The number of rotatable bonds is 3. The molecule has 142 valence electrons. The van der Waals surface area contributed by atoms with E-state index in [4.69, 9.17) is 0 Å². The van der Waals surface area contributed by atoms with Gasteiger partial charge in [0.15, 0.2) is 9.84 Å². The predicted octanol–water partition coefficient (Wildman–Crippen LogP) is 0.00920. The fraction of sp³-hybridized carbons (Fsp3) is 0.588. The van der Waals surface area contributed by atoms with Crippen LogP contribution in [0.3, 0.4) is 0 Å². The van der Waals surface area contributed by atoms with Crippen LogP contribution < -0.4 is 4.90 Å². The standard InChI is InChI=1S/C17H24N4O4S/c1-13(22)20-6-8-21(9-7-20)16-11-14(3-5-18-16)17(23)19(2)15-4-10-26(24,25)12-15/h3,5,11,15H,4,6-10,12H2,1-2H3. The molecule has 3 heterocycles. The molecule has 26 heavy (non-hydrogen) atoms. The maximum atomic E-state index is 12.8. The quantitative estimate of drug-likeness (QED) is 0.734. The van der Waals surface area contributed by atoms with Gasteiger partial charge in [0, 0.05) is 58.0 Å². The Morgan fingerprint density at radius 3 is 2.50 bits per heavy atom. The number of carbonyl (C=O) groups excluding carboxylic acids is 2. The molecule has 0 radical (unpaired) electrons. The second kappa shape index (κ2) is 7.22. The van der Waals surface area contributed by atoms with Crippen LogP contribution in [0.5, 0.6) is 0 Å². The SMILES string of the molecule is CC(=O)N1CCN(c2cc(C(=O)N(C)C3CCS(=O)(=O)C3)ccn2)CC1. The van der Waals surface area contributed by atoms with E-state index in [0.717, 1.165) is 0 Å². The van der Waals surface area contributed by atoms with Crippen LogP contribution in [0.4, 0.5) is 5.82 Å². The molecule has 2 aliphatic rings. The molecular formula is C17H24N4O4S. The number of piperazine rings is 1. The second-order valence-electron chi connectivity index (χ2n) is 6.87. The molecule has 2 aliphatic heterocycles. The molecule has 0 N–H and O–H groups in total. The van der Waals surface area contributed by atoms with Gasteiger partial charge < -0.3 is 14.7 Å². The number of hydrogen-bond donors (Lipinski definition) is 0. The minimum Gasteiger partial charge on any atom is -0.353 e. The number of aromatic nitrogens is 1. The van der Waals surface area contributed by atoms with Gasteiger partial charge in [-0.1, -0.05) is 0 Å². The average molecular weight is 380 g/mol. The zero-order chi connectivity index (χ0) is 18.9. The summed E-state index contributed by atoms with van der Waals surface area (Å²) in [4.78, 5) is 33.9. The predicted molar refractivity (Wildman–Crippen MR) is 97.9 cm³/mol. The van der Waals surface area contributed by atoms with Gasteiger partial charge in [-0.2, -0.15) is 0 Å². The molecule has 1 unspecified atom stereocenters. The average Bonchev–Trinajstić information content (AvgIpc) is 3.00. The summed E-state index contributed by atoms with van der Waals surface area (Å²) in [5.41, 5.74) is 0.496. The zero-order valence-electron chi connectivity index (χ0n) is 15.1. The monoisotopic (exact) mass is 380 g/mol. The van der Waals surface area contributed by atoms with Gasteiger partial charge in [0.25, 0.3) is 5.91 Å². The third kappa shape index (κ3) is 3.98. The van der Waals surface area contributed by atoms with Crippen LogP contribution in [0.2, 0.25) is 0 Å². The van der Waals surface area contributed by atoms with E-state index < -0.39 is 9.84 Å². The Balaban J connectivity index is 1.69. The second-order valence-corrected chi connectivity index (χ2v) is 9.10. The van der Waals surface area contributed by atoms with Gasteiger partial charge in [0.05, 0.1) is 11.5 Å². The lowest BCUT2D eigenvalue weighted by Crippen LogP contribution is -2.48. The Labute approximate surface area is 153 Å². The highest BCUT2D eigenvalue weighted by Crippen LogP contribution is 2.20. The summed E-state index contributed by atoms with van der Waals surface area (Å²) in [5.74, 6) is 0.733. The molecule has 1 aromatic rings. The Bertz CT molecular complexity index is 803. The topological polar surface area (TPSA) is 90.9 Å². The summed E-state index contributed by atoms with van der Waals surface area (Å²) < 4.78 is 23.3. The van der Waals surface area contributed by atoms with Crippen LogP contribution in [0.25, 0.3) is 0 Å². The van der Waals surface area contributed by atoms with E-state index >= 15 is 0 Å². The maximum absolute atomic E-state index is 12.8. The first-order valence-corrected chi connectivity index (χ1v) is 10.5. The summed E-state index contributed by atoms with van der Waals surface area (Å²) in [7, 11) is -1.39. The van der Waals surface area contributed by atoms with Crippen molar-refractivity contribution in [3.05, 3.63) is 23.9 Å². The van der Waals surface area contributed by atoms with Crippen LogP contribution in [0.15, 0.2) is 18.3 Å². The molecule has 1 aromatic heterocycles. The maximum Gasteiger partial charge on any atom is 0.254 e. The third-order valence-electron chi connectivity index (χ3n) is 5.12. The number of sulfone groups is 1. The van der Waals surface area contributed by atoms with Crippen molar-refractivity contribution in [1.82, 2.24) is 14.8 Å². The number of hydrogen-bond acceptors (Lipinski definition) is 6. The lowest BCUT2D eigenvalue weighted by Gasteiger charge is -2.35. The van der Waals surface area contributed by atoms with Crippen LogP contribution >= 0.6 is 0 Å². The van der Waals surface area contributed by atoms with Gasteiger partial charge in [-0.25, -0.2) is 13.4 Å². The van der Waals surface area contributed by atoms with Crippen molar-refractivity contribution >= 4 is 27.5 Å². The molecule has 2 amide bonds. The summed E-state index contributed by atoms with van der Waals surface area (Å²) in [5, 5.41) is 0. The van der Waals surface area contributed by atoms with Gasteiger partial charge >= 0.3 is 0 Å². The van der Waals surface area contributed by atoms with Crippen LogP contribution in [0.1, 0.15) is 23.7 Å². The van der Waals surface area contributed by atoms with E-state index in [1.807, 2.05) is 0 Å². The smallest absolute Gasteiger partial charge is 0.254 e. The van der Waals surface area contributed by atoms with Crippen molar-refractivity contribution in [3.8, 4) is 0 Å². The van der Waals surface area contributed by atoms with Gasteiger partial charge in [-0.3, -0.25) is 9.59 Å². The normalized spacial score (nSPS) is 22.3. The Morgan fingerprint density at radius 1 is 1.23 bits per heavy atom.